The van der Waals surface area contributed by atoms with E-state index in [1.165, 1.54) is 6.07 Å². The normalized spacial score (nSPS) is 12.7. The van der Waals surface area contributed by atoms with E-state index in [-0.39, 0.29) is 0 Å². The number of nitrogens with two attached hydrogens (primary N) is 1. The van der Waals surface area contributed by atoms with Crippen LogP contribution in [0, 0.1) is 18.6 Å². The third-order valence-electron chi connectivity index (χ3n) is 3.04. The fourth-order valence-corrected chi connectivity index (χ4v) is 1.99. The Morgan fingerprint density at radius 1 is 1.37 bits per heavy atom. The molecule has 0 fully saturated rings. The first-order valence-corrected chi connectivity index (χ1v) is 5.91. The Bertz CT molecular complexity index is 580. The quantitative estimate of drug-likeness (QED) is 0.655. The summed E-state index contributed by atoms with van der Waals surface area (Å²) in [7, 11) is 1.80. The van der Waals surface area contributed by atoms with Crippen molar-refractivity contribution in [1.82, 2.24) is 15.2 Å². The molecular weight excluding hydrogens is 250 g/mol. The second-order valence-corrected chi connectivity index (χ2v) is 4.53. The first-order valence-electron chi connectivity index (χ1n) is 5.91. The zero-order valence-electron chi connectivity index (χ0n) is 10.8. The number of hydrogen-bond donors (Lipinski definition) is 2. The molecule has 102 valence electrons. The average molecular weight is 266 g/mol. The van der Waals surface area contributed by atoms with Crippen molar-refractivity contribution >= 4 is 0 Å². The van der Waals surface area contributed by atoms with Gasteiger partial charge in [-0.3, -0.25) is 16.0 Å². The average Bonchev–Trinajstić information content (AvgIpc) is 2.77. The molecule has 2 rings (SSSR count). The monoisotopic (exact) mass is 266 g/mol. The Hall–Kier alpha value is -1.79. The molecular formula is C13H16F2N4. The summed E-state index contributed by atoms with van der Waals surface area (Å²) < 4.78 is 28.7. The summed E-state index contributed by atoms with van der Waals surface area (Å²) in [5, 5.41) is 4.22. The predicted molar refractivity (Wildman–Crippen MR) is 68.1 cm³/mol. The van der Waals surface area contributed by atoms with Crippen molar-refractivity contribution < 1.29 is 8.78 Å². The van der Waals surface area contributed by atoms with Crippen molar-refractivity contribution in [3.8, 4) is 0 Å². The van der Waals surface area contributed by atoms with Crippen LogP contribution in [-0.2, 0) is 13.5 Å². The molecule has 0 aliphatic carbocycles. The van der Waals surface area contributed by atoms with Gasteiger partial charge in [-0.2, -0.15) is 5.10 Å². The Balaban J connectivity index is 2.29. The van der Waals surface area contributed by atoms with Crippen LogP contribution in [0.2, 0.25) is 0 Å². The van der Waals surface area contributed by atoms with E-state index in [2.05, 4.69) is 10.5 Å². The molecule has 1 aromatic heterocycles. The van der Waals surface area contributed by atoms with Crippen molar-refractivity contribution in [3.63, 3.8) is 0 Å². The third kappa shape index (κ3) is 2.97. The molecule has 0 amide bonds. The fraction of sp³-hybridized carbons (Fsp3) is 0.308. The molecule has 6 heteroatoms. The lowest BCUT2D eigenvalue weighted by Gasteiger charge is -2.17. The number of halogens is 2. The maximum atomic E-state index is 13.8. The minimum Gasteiger partial charge on any atom is -0.276 e. The molecule has 0 aliphatic rings. The van der Waals surface area contributed by atoms with Gasteiger partial charge in [0.2, 0.25) is 0 Å². The maximum Gasteiger partial charge on any atom is 0.130 e. The van der Waals surface area contributed by atoms with Gasteiger partial charge >= 0.3 is 0 Å². The van der Waals surface area contributed by atoms with Gasteiger partial charge in [0.15, 0.2) is 0 Å². The summed E-state index contributed by atoms with van der Waals surface area (Å²) in [6.07, 6.45) is 2.23. The van der Waals surface area contributed by atoms with E-state index in [0.717, 1.165) is 11.8 Å². The highest BCUT2D eigenvalue weighted by atomic mass is 19.1. The van der Waals surface area contributed by atoms with Gasteiger partial charge in [0, 0.05) is 31.3 Å². The van der Waals surface area contributed by atoms with Crippen molar-refractivity contribution in [2.45, 2.75) is 19.4 Å². The number of nitrogens with one attached hydrogen (secondary N) is 1. The van der Waals surface area contributed by atoms with Gasteiger partial charge in [0.1, 0.15) is 11.6 Å². The first kappa shape index (κ1) is 13.6. The van der Waals surface area contributed by atoms with Crippen LogP contribution in [-0.4, -0.2) is 9.78 Å². The maximum absolute atomic E-state index is 13.8. The van der Waals surface area contributed by atoms with Gasteiger partial charge in [0.05, 0.1) is 11.7 Å². The number of hydrazine groups is 1. The van der Waals surface area contributed by atoms with Gasteiger partial charge in [-0.25, -0.2) is 8.78 Å². The van der Waals surface area contributed by atoms with Crippen LogP contribution in [0.3, 0.4) is 0 Å². The highest BCUT2D eigenvalue weighted by molar-refractivity contribution is 5.29. The second kappa shape index (κ2) is 5.46. The van der Waals surface area contributed by atoms with Crippen LogP contribution in [0.4, 0.5) is 8.78 Å². The molecule has 0 saturated carbocycles. The predicted octanol–water partition coefficient (Wildman–Crippen LogP) is 1.75. The highest BCUT2D eigenvalue weighted by Gasteiger charge is 2.18. The van der Waals surface area contributed by atoms with Gasteiger partial charge in [-0.05, 0) is 24.6 Å². The molecule has 0 bridgehead atoms. The van der Waals surface area contributed by atoms with Crippen molar-refractivity contribution in [2.24, 2.45) is 12.9 Å². The summed E-state index contributed by atoms with van der Waals surface area (Å²) in [6, 6.07) is 3.73. The summed E-state index contributed by atoms with van der Waals surface area (Å²) >= 11 is 0. The zero-order chi connectivity index (χ0) is 14.0. The Morgan fingerprint density at radius 3 is 2.68 bits per heavy atom. The van der Waals surface area contributed by atoms with Crippen LogP contribution in [0.1, 0.15) is 22.9 Å². The smallest absolute Gasteiger partial charge is 0.130 e. The Labute approximate surface area is 110 Å². The summed E-state index contributed by atoms with van der Waals surface area (Å²) in [5.41, 5.74) is 4.06. The molecule has 0 saturated heterocycles. The van der Waals surface area contributed by atoms with E-state index in [0.29, 0.717) is 17.5 Å². The van der Waals surface area contributed by atoms with Crippen LogP contribution >= 0.6 is 0 Å². The summed E-state index contributed by atoms with van der Waals surface area (Å²) in [4.78, 5) is 0. The van der Waals surface area contributed by atoms with E-state index in [1.54, 1.807) is 24.9 Å². The van der Waals surface area contributed by atoms with Crippen LogP contribution < -0.4 is 11.3 Å². The number of nitrogens with zero attached hydrogens (tertiary/aromatic N) is 2. The van der Waals surface area contributed by atoms with Crippen LogP contribution in [0.25, 0.3) is 0 Å². The molecule has 2 aromatic rings. The summed E-state index contributed by atoms with van der Waals surface area (Å²) in [6.45, 7) is 1.59. The van der Waals surface area contributed by atoms with Gasteiger partial charge < -0.3 is 0 Å². The molecule has 1 atom stereocenters. The van der Waals surface area contributed by atoms with E-state index < -0.39 is 17.7 Å². The van der Waals surface area contributed by atoms with Crippen molar-refractivity contribution in [3.05, 3.63) is 52.9 Å². The SMILES string of the molecule is Cc1cc(C(Cc2ccn(C)n2)NN)c(F)cc1F. The van der Waals surface area contributed by atoms with Crippen LogP contribution in [0.15, 0.2) is 24.4 Å². The first-order chi connectivity index (χ1) is 9.01. The van der Waals surface area contributed by atoms with Gasteiger partial charge in [0.25, 0.3) is 0 Å². The largest absolute Gasteiger partial charge is 0.276 e. The second-order valence-electron chi connectivity index (χ2n) is 4.53. The molecule has 3 N–H and O–H groups in total. The van der Waals surface area contributed by atoms with Crippen LogP contribution in [0.5, 0.6) is 0 Å². The lowest BCUT2D eigenvalue weighted by Crippen LogP contribution is -2.30. The van der Waals surface area contributed by atoms with Gasteiger partial charge in [-0.1, -0.05) is 0 Å². The lowest BCUT2D eigenvalue weighted by molar-refractivity contribution is 0.495. The van der Waals surface area contributed by atoms with Crippen molar-refractivity contribution in [1.29, 1.82) is 0 Å². The van der Waals surface area contributed by atoms with Gasteiger partial charge in [-0.15, -0.1) is 0 Å². The molecule has 0 aliphatic heterocycles. The lowest BCUT2D eigenvalue weighted by atomic mass is 10.00. The molecule has 1 aromatic carbocycles. The number of benzene rings is 1. The van der Waals surface area contributed by atoms with Crippen molar-refractivity contribution in [2.75, 3.05) is 0 Å². The Kier molecular flexibility index (Phi) is 3.92. The topological polar surface area (TPSA) is 55.9 Å². The van der Waals surface area contributed by atoms with E-state index in [9.17, 15) is 8.78 Å². The molecule has 0 radical (unpaired) electrons. The standard InChI is InChI=1S/C13H16F2N4/c1-8-5-10(12(15)7-11(8)14)13(17-16)6-9-3-4-19(2)18-9/h3-5,7,13,17H,6,16H2,1-2H3. The zero-order valence-corrected chi connectivity index (χ0v) is 10.8. The van der Waals surface area contributed by atoms with E-state index in [1.807, 2.05) is 6.07 Å². The van der Waals surface area contributed by atoms with E-state index >= 15 is 0 Å². The summed E-state index contributed by atoms with van der Waals surface area (Å²) in [5.74, 6) is 4.30. The number of aromatic nitrogens is 2. The minimum atomic E-state index is -0.609. The minimum absolute atomic E-state index is 0.340. The molecule has 4 nitrogen and oxygen atoms in total. The molecule has 0 spiro atoms. The number of hydrogen-bond acceptors (Lipinski definition) is 3. The Morgan fingerprint density at radius 2 is 2.11 bits per heavy atom. The molecule has 1 heterocycles. The fourth-order valence-electron chi connectivity index (χ4n) is 1.99. The molecule has 19 heavy (non-hydrogen) atoms. The molecule has 1 unspecified atom stereocenters. The number of rotatable bonds is 4. The highest BCUT2D eigenvalue weighted by Crippen LogP contribution is 2.23. The number of aryl methyl sites for hydroxylation is 2. The van der Waals surface area contributed by atoms with E-state index in [4.69, 9.17) is 5.84 Å². The third-order valence-corrected chi connectivity index (χ3v) is 3.04.